The second-order valence-corrected chi connectivity index (χ2v) is 26.2. The lowest BCUT2D eigenvalue weighted by atomic mass is 9.75. The smallest absolute Gasteiger partial charge is 0.337 e. The fourth-order valence-electron chi connectivity index (χ4n) is 11.5. The molecule has 13 rings (SSSR count). The molecule has 4 aromatic heterocycles. The number of benzene rings is 6. The number of aromatic carboxylic acids is 1. The minimum Gasteiger partial charge on any atom is -0.478 e. The molecule has 3 aliphatic rings. The number of nitrogens with two attached hydrogens (primary N) is 1. The van der Waals surface area contributed by atoms with Gasteiger partial charge in [0, 0.05) is 92.7 Å². The lowest BCUT2D eigenvalue weighted by Crippen LogP contribution is -2.32. The van der Waals surface area contributed by atoms with Crippen LogP contribution in [0.1, 0.15) is 148 Å². The van der Waals surface area contributed by atoms with Crippen molar-refractivity contribution in [1.82, 2.24) is 19.9 Å². The zero-order valence-corrected chi connectivity index (χ0v) is 58.9. The van der Waals surface area contributed by atoms with E-state index in [-0.39, 0.29) is 50.1 Å². The van der Waals surface area contributed by atoms with Crippen molar-refractivity contribution >= 4 is 102 Å². The fraction of sp³-hybridized carbons (Fsp3) is 0.275. The second kappa shape index (κ2) is 38.4. The van der Waals surface area contributed by atoms with Crippen LogP contribution in [0.25, 0.3) is 20.7 Å². The number of hydrogen-bond donors (Lipinski definition) is 5. The van der Waals surface area contributed by atoms with Crippen LogP contribution >= 0.6 is 22.7 Å². The first kappa shape index (κ1) is 81.2. The molecule has 106 heavy (non-hydrogen) atoms. The first-order valence-corrected chi connectivity index (χ1v) is 34.4. The molecule has 3 saturated heterocycles. The third-order valence-corrected chi connectivity index (χ3v) is 19.6. The Hall–Kier alpha value is -12.1. The van der Waals surface area contributed by atoms with Crippen LogP contribution < -0.4 is 21.7 Å². The summed E-state index contributed by atoms with van der Waals surface area (Å²) in [5, 5.41) is 54.8. The fourth-order valence-corrected chi connectivity index (χ4v) is 13.2. The van der Waals surface area contributed by atoms with Crippen molar-refractivity contribution in [3.05, 3.63) is 236 Å². The Bertz CT molecular complexity index is 4890. The summed E-state index contributed by atoms with van der Waals surface area (Å²) in [6, 6.07) is 51.2. The molecule has 0 saturated carbocycles. The number of hydrogen-bond acceptors (Lipinski definition) is 22. The molecular weight excluding hydrogens is 1390 g/mol. The number of thiophene rings is 2. The lowest BCUT2D eigenvalue weighted by Gasteiger charge is -2.31. The molecule has 26 heteroatoms. The summed E-state index contributed by atoms with van der Waals surface area (Å²) < 4.78 is 25.2. The maximum atomic E-state index is 13.1. The van der Waals surface area contributed by atoms with Gasteiger partial charge in [0.2, 0.25) is 0 Å². The van der Waals surface area contributed by atoms with Gasteiger partial charge < -0.3 is 50.5 Å². The van der Waals surface area contributed by atoms with Gasteiger partial charge in [-0.25, -0.2) is 24.4 Å². The van der Waals surface area contributed by atoms with Gasteiger partial charge in [-0.15, -0.1) is 22.7 Å². The summed E-state index contributed by atoms with van der Waals surface area (Å²) in [7, 11) is 2.68. The number of rotatable bonds is 13. The average Bonchev–Trinajstić information content (AvgIpc) is 1.16. The van der Waals surface area contributed by atoms with Gasteiger partial charge in [0.1, 0.15) is 20.7 Å². The highest BCUT2D eigenvalue weighted by atomic mass is 32.1. The number of methoxy groups -OCH3 is 2. The molecule has 7 heterocycles. The van der Waals surface area contributed by atoms with Crippen LogP contribution in [0, 0.1) is 59.2 Å². The SMILES string of the molecule is C.C.COC(=O)c1cccc(C2(C#N)CCOCC2)c1.COC(=O)c1cccc(CC#N)c1.Cc1ccc(N)cc1NC(=O)c1cc2nccnc2s1.Cc1ccc(NC(=O)c2cccc(C3(C#N)CCOCC3)c2)cc1NC(=O)c1cc2nccnc2s1.N#CC1(c2cccc(C(=O)O)c2)CCOCC1. The first-order chi connectivity index (χ1) is 50.3. The summed E-state index contributed by atoms with van der Waals surface area (Å²) in [5.41, 5.74) is 14.6. The van der Waals surface area contributed by atoms with Crippen molar-refractivity contribution in [1.29, 1.82) is 21.0 Å². The number of aromatic nitrogens is 4. The molecular formula is C80H80N12O12S2. The van der Waals surface area contributed by atoms with Crippen LogP contribution in [0.4, 0.5) is 22.7 Å². The van der Waals surface area contributed by atoms with Crippen molar-refractivity contribution in [2.24, 2.45) is 0 Å². The molecule has 0 spiro atoms. The Labute approximate surface area is 622 Å². The molecule has 6 N–H and O–H groups in total. The Kier molecular flexibility index (Phi) is 29.4. The van der Waals surface area contributed by atoms with E-state index in [0.717, 1.165) is 43.7 Å². The van der Waals surface area contributed by atoms with E-state index < -0.39 is 22.2 Å². The number of carbonyl (C=O) groups excluding carboxylic acids is 5. The number of nitrogen functional groups attached to an aromatic ring is 1. The molecule has 0 aliphatic carbocycles. The van der Waals surface area contributed by atoms with E-state index in [1.807, 2.05) is 50.2 Å². The van der Waals surface area contributed by atoms with E-state index in [0.29, 0.717) is 144 Å². The summed E-state index contributed by atoms with van der Waals surface area (Å²) in [6.07, 6.45) is 10.5. The number of nitrogens with one attached hydrogen (secondary N) is 3. The number of nitriles is 4. The second-order valence-electron chi connectivity index (χ2n) is 24.2. The van der Waals surface area contributed by atoms with Gasteiger partial charge in [0.05, 0.1) is 87.6 Å². The van der Waals surface area contributed by atoms with Gasteiger partial charge in [-0.1, -0.05) is 75.5 Å². The maximum absolute atomic E-state index is 13.1. The Balaban J connectivity index is 0.000000194. The molecule has 10 aromatic rings. The van der Waals surface area contributed by atoms with Crippen molar-refractivity contribution in [3.8, 4) is 24.3 Å². The minimum absolute atomic E-state index is 0. The monoisotopic (exact) mass is 1460 g/mol. The van der Waals surface area contributed by atoms with E-state index in [2.05, 4.69) is 58.8 Å². The molecule has 3 amide bonds. The van der Waals surface area contributed by atoms with Crippen LogP contribution in [0.2, 0.25) is 0 Å². The lowest BCUT2D eigenvalue weighted by molar-refractivity contribution is 0.0590. The summed E-state index contributed by atoms with van der Waals surface area (Å²) in [6.45, 7) is 7.10. The quantitative estimate of drug-likeness (QED) is 0.0529. The van der Waals surface area contributed by atoms with Crippen LogP contribution in [-0.4, -0.2) is 115 Å². The van der Waals surface area contributed by atoms with Gasteiger partial charge in [0.25, 0.3) is 17.7 Å². The van der Waals surface area contributed by atoms with Gasteiger partial charge in [-0.05, 0) is 171 Å². The van der Waals surface area contributed by atoms with Crippen LogP contribution in [0.15, 0.2) is 170 Å². The summed E-state index contributed by atoms with van der Waals surface area (Å²) >= 11 is 2.59. The molecule has 0 atom stereocenters. The average molecular weight is 1470 g/mol. The number of ether oxygens (including phenoxy) is 5. The Morgan fingerprint density at radius 1 is 0.491 bits per heavy atom. The molecule has 0 unspecified atom stereocenters. The number of anilines is 4. The van der Waals surface area contributed by atoms with E-state index in [1.165, 1.54) is 43.0 Å². The Morgan fingerprint density at radius 2 is 0.887 bits per heavy atom. The first-order valence-electron chi connectivity index (χ1n) is 32.7. The highest BCUT2D eigenvalue weighted by Crippen LogP contribution is 2.38. The topological polar surface area (TPSA) is 378 Å². The van der Waals surface area contributed by atoms with Crippen molar-refractivity contribution in [2.75, 3.05) is 75.5 Å². The highest BCUT2D eigenvalue weighted by Gasteiger charge is 2.37. The van der Waals surface area contributed by atoms with Crippen LogP contribution in [0.3, 0.4) is 0 Å². The molecule has 3 fully saturated rings. The third kappa shape index (κ3) is 20.6. The van der Waals surface area contributed by atoms with E-state index >= 15 is 0 Å². The van der Waals surface area contributed by atoms with Crippen LogP contribution in [0.5, 0.6) is 0 Å². The number of esters is 2. The number of carboxylic acid groups (broad SMARTS) is 1. The molecule has 544 valence electrons. The predicted molar refractivity (Wildman–Crippen MR) is 406 cm³/mol. The summed E-state index contributed by atoms with van der Waals surface area (Å²) in [4.78, 5) is 91.0. The summed E-state index contributed by atoms with van der Waals surface area (Å²) in [5.74, 6) is -2.45. The molecule has 6 aromatic carbocycles. The maximum Gasteiger partial charge on any atom is 0.337 e. The molecule has 0 radical (unpaired) electrons. The van der Waals surface area contributed by atoms with E-state index in [4.69, 9.17) is 35.0 Å². The number of nitrogens with zero attached hydrogens (tertiary/aromatic N) is 8. The number of carboxylic acids is 1. The van der Waals surface area contributed by atoms with Crippen molar-refractivity contribution in [3.63, 3.8) is 0 Å². The number of amides is 3. The Morgan fingerprint density at radius 3 is 1.32 bits per heavy atom. The van der Waals surface area contributed by atoms with Gasteiger partial charge in [-0.3, -0.25) is 24.4 Å². The largest absolute Gasteiger partial charge is 0.478 e. The van der Waals surface area contributed by atoms with Gasteiger partial charge in [-0.2, -0.15) is 21.0 Å². The zero-order chi connectivity index (χ0) is 74.2. The van der Waals surface area contributed by atoms with Crippen LogP contribution in [-0.2, 0) is 46.4 Å². The normalized spacial score (nSPS) is 14.0. The molecule has 0 bridgehead atoms. The standard InChI is InChI=1S/C27H23N5O3S.C14H12N4OS.C14H15NO3.C13H13NO3.C10H9NO2.2CH4/c1-17-5-6-20(14-21(17)32-25(34)23-15-22-26(36-23)30-10-9-29-22)31-24(33)18-3-2-4-19(13-18)27(16-28)7-11-35-12-8-27;1-8-2-3-9(15)6-10(8)18-13(19)12-7-11-14(20-12)17-5-4-16-11;1-17-13(16)11-3-2-4-12(9-11)14(10-15)5-7-18-8-6-14;14-9-13(4-6-17-7-5-13)11-3-1-2-10(8-11)12(15)16;1-13-10(12)9-4-2-3-8(7-9)5-6-11;;/h2-6,9-10,13-15H,7-8,11-12H2,1H3,(H,31,33)(H,32,34);2-7H,15H2,1H3,(H,18,19);2-4,9H,5-8H2,1H3;1-3,8H,4-7H2,(H,15,16);2-4,7H,5H2,1H3;2*1H4. The van der Waals surface area contributed by atoms with E-state index in [1.54, 1.807) is 134 Å². The minimum atomic E-state index is -0.966. The number of aryl methyl sites for hydroxylation is 2. The highest BCUT2D eigenvalue weighted by molar-refractivity contribution is 7.20. The van der Waals surface area contributed by atoms with Crippen molar-refractivity contribution < 1.29 is 57.6 Å². The third-order valence-electron chi connectivity index (χ3n) is 17.5. The van der Waals surface area contributed by atoms with Gasteiger partial charge >= 0.3 is 17.9 Å². The predicted octanol–water partition coefficient (Wildman–Crippen LogP) is 14.7. The molecule has 3 aliphatic heterocycles. The molecule has 24 nitrogen and oxygen atoms in total. The van der Waals surface area contributed by atoms with Gasteiger partial charge in [0.15, 0.2) is 0 Å². The number of carbonyl (C=O) groups is 6. The zero-order valence-electron chi connectivity index (χ0n) is 57.3. The van der Waals surface area contributed by atoms with Crippen molar-refractivity contribution in [2.45, 2.75) is 89.9 Å². The number of fused-ring (bicyclic) bond motifs is 2. The van der Waals surface area contributed by atoms with E-state index in [9.17, 15) is 44.6 Å².